The van der Waals surface area contributed by atoms with Crippen LogP contribution in [-0.4, -0.2) is 23.1 Å². The van der Waals surface area contributed by atoms with E-state index in [1.165, 1.54) is 6.07 Å². The van der Waals surface area contributed by atoms with Gasteiger partial charge in [0.15, 0.2) is 0 Å². The van der Waals surface area contributed by atoms with Crippen LogP contribution in [-0.2, 0) is 4.74 Å². The quantitative estimate of drug-likeness (QED) is 0.729. The number of ether oxygens (including phenoxy) is 1. The zero-order chi connectivity index (χ0) is 16.0. The summed E-state index contributed by atoms with van der Waals surface area (Å²) in [4.78, 5) is 23.5. The first-order valence-corrected chi connectivity index (χ1v) is 7.88. The van der Waals surface area contributed by atoms with Gasteiger partial charge in [0, 0.05) is 4.47 Å². The number of carbonyl (C=O) groups is 2. The van der Waals surface area contributed by atoms with E-state index < -0.39 is 11.9 Å². The first-order valence-electron chi connectivity index (χ1n) is 7.09. The number of rotatable bonds is 7. The standard InChI is InChI=1S/C16H21BrO4/c1-4-11(9-8-10(2)3)21-16(20)12-6-5-7-13(17)14(12)15(18)19/h5-7,10-11H,4,8-9H2,1-3H3,(H,18,19). The maximum Gasteiger partial charge on any atom is 0.339 e. The molecule has 0 amide bonds. The number of halogens is 1. The second kappa shape index (κ2) is 8.17. The van der Waals surface area contributed by atoms with E-state index in [9.17, 15) is 14.7 Å². The number of benzene rings is 1. The van der Waals surface area contributed by atoms with Gasteiger partial charge in [-0.1, -0.05) is 26.8 Å². The maximum absolute atomic E-state index is 12.2. The molecule has 4 nitrogen and oxygen atoms in total. The lowest BCUT2D eigenvalue weighted by atomic mass is 10.0. The Kier molecular flexibility index (Phi) is 6.89. The van der Waals surface area contributed by atoms with Gasteiger partial charge in [-0.2, -0.15) is 0 Å². The third-order valence-electron chi connectivity index (χ3n) is 3.24. The molecule has 21 heavy (non-hydrogen) atoms. The Bertz CT molecular complexity index is 511. The molecule has 116 valence electrons. The van der Waals surface area contributed by atoms with E-state index in [2.05, 4.69) is 29.8 Å². The van der Waals surface area contributed by atoms with Crippen molar-refractivity contribution in [1.82, 2.24) is 0 Å². The molecule has 0 saturated carbocycles. The average molecular weight is 357 g/mol. The van der Waals surface area contributed by atoms with Crippen LogP contribution < -0.4 is 0 Å². The molecule has 1 rings (SSSR count). The van der Waals surface area contributed by atoms with Crippen molar-refractivity contribution in [2.45, 2.75) is 46.1 Å². The summed E-state index contributed by atoms with van der Waals surface area (Å²) >= 11 is 3.16. The minimum Gasteiger partial charge on any atom is -0.478 e. The van der Waals surface area contributed by atoms with Gasteiger partial charge >= 0.3 is 11.9 Å². The minimum absolute atomic E-state index is 0.0544. The van der Waals surface area contributed by atoms with E-state index >= 15 is 0 Å². The fourth-order valence-electron chi connectivity index (χ4n) is 1.99. The van der Waals surface area contributed by atoms with Crippen LogP contribution in [0.1, 0.15) is 60.7 Å². The fraction of sp³-hybridized carbons (Fsp3) is 0.500. The van der Waals surface area contributed by atoms with Crippen molar-refractivity contribution >= 4 is 27.9 Å². The predicted octanol–water partition coefficient (Wildman–Crippen LogP) is 4.52. The van der Waals surface area contributed by atoms with Gasteiger partial charge in [-0.05, 0) is 53.2 Å². The predicted molar refractivity (Wildman–Crippen MR) is 84.7 cm³/mol. The van der Waals surface area contributed by atoms with Crippen LogP contribution in [0.4, 0.5) is 0 Å². The SMILES string of the molecule is CCC(CCC(C)C)OC(=O)c1cccc(Br)c1C(=O)O. The molecule has 5 heteroatoms. The van der Waals surface area contributed by atoms with E-state index in [1.807, 2.05) is 6.92 Å². The van der Waals surface area contributed by atoms with Gasteiger partial charge in [-0.15, -0.1) is 0 Å². The van der Waals surface area contributed by atoms with Crippen LogP contribution in [0, 0.1) is 5.92 Å². The monoisotopic (exact) mass is 356 g/mol. The molecule has 1 atom stereocenters. The molecule has 1 aromatic rings. The zero-order valence-electron chi connectivity index (χ0n) is 12.6. The van der Waals surface area contributed by atoms with E-state index in [4.69, 9.17) is 4.74 Å². The summed E-state index contributed by atoms with van der Waals surface area (Å²) in [5.41, 5.74) is 0.0288. The molecule has 1 unspecified atom stereocenters. The highest BCUT2D eigenvalue weighted by Gasteiger charge is 2.22. The Hall–Kier alpha value is -1.36. The van der Waals surface area contributed by atoms with Crippen molar-refractivity contribution in [3.8, 4) is 0 Å². The summed E-state index contributed by atoms with van der Waals surface area (Å²) in [5, 5.41) is 9.23. The largest absolute Gasteiger partial charge is 0.478 e. The van der Waals surface area contributed by atoms with Crippen LogP contribution in [0.15, 0.2) is 22.7 Å². The van der Waals surface area contributed by atoms with E-state index in [-0.39, 0.29) is 17.2 Å². The normalized spacial score (nSPS) is 12.2. The van der Waals surface area contributed by atoms with Gasteiger partial charge in [0.25, 0.3) is 0 Å². The van der Waals surface area contributed by atoms with Crippen molar-refractivity contribution < 1.29 is 19.4 Å². The van der Waals surface area contributed by atoms with Crippen LogP contribution in [0.3, 0.4) is 0 Å². The van der Waals surface area contributed by atoms with Crippen molar-refractivity contribution in [3.05, 3.63) is 33.8 Å². The van der Waals surface area contributed by atoms with Crippen LogP contribution >= 0.6 is 15.9 Å². The van der Waals surface area contributed by atoms with Gasteiger partial charge in [-0.25, -0.2) is 9.59 Å². The summed E-state index contributed by atoms with van der Waals surface area (Å²) in [5.74, 6) is -1.19. The molecular weight excluding hydrogens is 336 g/mol. The second-order valence-corrected chi connectivity index (χ2v) is 6.23. The third kappa shape index (κ3) is 5.16. The highest BCUT2D eigenvalue weighted by molar-refractivity contribution is 9.10. The number of carbonyl (C=O) groups excluding carboxylic acids is 1. The van der Waals surface area contributed by atoms with Gasteiger partial charge in [0.1, 0.15) is 6.10 Å². The van der Waals surface area contributed by atoms with E-state index in [0.29, 0.717) is 10.4 Å². The Morgan fingerprint density at radius 1 is 1.29 bits per heavy atom. The Labute approximate surface area is 133 Å². The number of hydrogen-bond donors (Lipinski definition) is 1. The average Bonchev–Trinajstić information content (AvgIpc) is 2.42. The van der Waals surface area contributed by atoms with Crippen LogP contribution in [0.2, 0.25) is 0 Å². The van der Waals surface area contributed by atoms with E-state index in [1.54, 1.807) is 12.1 Å². The molecule has 1 N–H and O–H groups in total. The summed E-state index contributed by atoms with van der Waals surface area (Å²) in [6.07, 6.45) is 2.29. The fourth-order valence-corrected chi connectivity index (χ4v) is 2.53. The van der Waals surface area contributed by atoms with Crippen molar-refractivity contribution in [2.75, 3.05) is 0 Å². The molecule has 0 bridgehead atoms. The lowest BCUT2D eigenvalue weighted by Crippen LogP contribution is -2.20. The lowest BCUT2D eigenvalue weighted by molar-refractivity contribution is 0.0255. The zero-order valence-corrected chi connectivity index (χ0v) is 14.1. The highest BCUT2D eigenvalue weighted by atomic mass is 79.9. The molecule has 0 spiro atoms. The van der Waals surface area contributed by atoms with Crippen LogP contribution in [0.5, 0.6) is 0 Å². The van der Waals surface area contributed by atoms with E-state index in [0.717, 1.165) is 19.3 Å². The molecule has 0 aliphatic heterocycles. The lowest BCUT2D eigenvalue weighted by Gasteiger charge is -2.18. The Balaban J connectivity index is 2.88. The maximum atomic E-state index is 12.2. The van der Waals surface area contributed by atoms with Gasteiger partial charge in [0.2, 0.25) is 0 Å². The highest BCUT2D eigenvalue weighted by Crippen LogP contribution is 2.23. The molecule has 0 radical (unpaired) electrons. The minimum atomic E-state index is -1.15. The summed E-state index contributed by atoms with van der Waals surface area (Å²) in [6.45, 7) is 6.19. The van der Waals surface area contributed by atoms with Gasteiger partial charge in [0.05, 0.1) is 11.1 Å². The van der Waals surface area contributed by atoms with Crippen molar-refractivity contribution in [2.24, 2.45) is 5.92 Å². The molecule has 0 aromatic heterocycles. The summed E-state index contributed by atoms with van der Waals surface area (Å²) in [6, 6.07) is 4.70. The molecule has 1 aromatic carbocycles. The topological polar surface area (TPSA) is 63.6 Å². The molecular formula is C16H21BrO4. The van der Waals surface area contributed by atoms with Crippen molar-refractivity contribution in [3.63, 3.8) is 0 Å². The molecule has 0 aliphatic rings. The number of aromatic carboxylic acids is 1. The number of hydrogen-bond acceptors (Lipinski definition) is 3. The summed E-state index contributed by atoms with van der Waals surface area (Å²) in [7, 11) is 0. The van der Waals surface area contributed by atoms with Crippen molar-refractivity contribution in [1.29, 1.82) is 0 Å². The second-order valence-electron chi connectivity index (χ2n) is 5.37. The molecule has 0 saturated heterocycles. The Morgan fingerprint density at radius 3 is 2.48 bits per heavy atom. The number of carboxylic acid groups (broad SMARTS) is 1. The number of esters is 1. The molecule has 0 heterocycles. The molecule has 0 fully saturated rings. The van der Waals surface area contributed by atoms with Gasteiger partial charge in [-0.3, -0.25) is 0 Å². The summed E-state index contributed by atoms with van der Waals surface area (Å²) < 4.78 is 5.83. The van der Waals surface area contributed by atoms with Crippen LogP contribution in [0.25, 0.3) is 0 Å². The smallest absolute Gasteiger partial charge is 0.339 e. The molecule has 0 aliphatic carbocycles. The number of carboxylic acids is 1. The van der Waals surface area contributed by atoms with Gasteiger partial charge < -0.3 is 9.84 Å². The first kappa shape index (κ1) is 17.7. The first-order chi connectivity index (χ1) is 9.86. The Morgan fingerprint density at radius 2 is 1.95 bits per heavy atom. The third-order valence-corrected chi connectivity index (χ3v) is 3.90.